The first-order valence-electron chi connectivity index (χ1n) is 4.16. The summed E-state index contributed by atoms with van der Waals surface area (Å²) in [6.07, 6.45) is 2.43. The van der Waals surface area contributed by atoms with Crippen LogP contribution in [0.25, 0.3) is 0 Å². The number of rotatable bonds is 4. The van der Waals surface area contributed by atoms with Crippen molar-refractivity contribution in [1.29, 1.82) is 0 Å². The summed E-state index contributed by atoms with van der Waals surface area (Å²) in [5, 5.41) is 0. The summed E-state index contributed by atoms with van der Waals surface area (Å²) in [5.74, 6) is 0.750. The molecule has 0 aromatic heterocycles. The van der Waals surface area contributed by atoms with Gasteiger partial charge in [0.25, 0.3) is 0 Å². The van der Waals surface area contributed by atoms with E-state index >= 15 is 0 Å². The molecule has 0 aromatic rings. The molecule has 1 radical (unpaired) electrons. The molecule has 61 valence electrons. The first-order chi connectivity index (χ1) is 4.63. The summed E-state index contributed by atoms with van der Waals surface area (Å²) in [4.78, 5) is 2.24. The number of hydrogen-bond acceptors (Lipinski definition) is 1. The van der Waals surface area contributed by atoms with Crippen LogP contribution in [0.3, 0.4) is 0 Å². The molecule has 0 saturated carbocycles. The molecular formula is C9H20N. The van der Waals surface area contributed by atoms with Crippen LogP contribution in [0, 0.1) is 12.0 Å². The van der Waals surface area contributed by atoms with Gasteiger partial charge in [0.15, 0.2) is 0 Å². The largest absolute Gasteiger partial charge is 0.302 e. The second-order valence-electron chi connectivity index (χ2n) is 3.05. The van der Waals surface area contributed by atoms with Gasteiger partial charge in [-0.25, -0.2) is 0 Å². The van der Waals surface area contributed by atoms with Crippen LogP contribution < -0.4 is 0 Å². The Kier molecular flexibility index (Phi) is 4.71. The van der Waals surface area contributed by atoms with Gasteiger partial charge in [-0.1, -0.05) is 27.2 Å². The summed E-state index contributed by atoms with van der Waals surface area (Å²) in [7, 11) is 4.26. The summed E-state index contributed by atoms with van der Waals surface area (Å²) in [6, 6.07) is 1.56. The van der Waals surface area contributed by atoms with Crippen LogP contribution in [-0.2, 0) is 0 Å². The van der Waals surface area contributed by atoms with Gasteiger partial charge in [0, 0.05) is 6.04 Å². The molecule has 0 N–H and O–H groups in total. The Bertz CT molecular complexity index is 78.8. The highest BCUT2D eigenvalue weighted by molar-refractivity contribution is 4.89. The van der Waals surface area contributed by atoms with Crippen LogP contribution in [0.5, 0.6) is 0 Å². The molecule has 0 aliphatic carbocycles. The monoisotopic (exact) mass is 142 g/mol. The Labute approximate surface area is 65.4 Å². The molecule has 10 heavy (non-hydrogen) atoms. The van der Waals surface area contributed by atoms with E-state index in [1.807, 2.05) is 0 Å². The lowest BCUT2D eigenvalue weighted by Gasteiger charge is -2.27. The van der Waals surface area contributed by atoms with Gasteiger partial charge in [0.1, 0.15) is 0 Å². The highest BCUT2D eigenvalue weighted by Gasteiger charge is 2.15. The fraction of sp³-hybridized carbons (Fsp3) is 0.889. The molecule has 0 amide bonds. The molecular weight excluding hydrogens is 122 g/mol. The molecule has 1 unspecified atom stereocenters. The fourth-order valence-electron chi connectivity index (χ4n) is 1.34. The van der Waals surface area contributed by atoms with E-state index in [1.165, 1.54) is 12.8 Å². The van der Waals surface area contributed by atoms with Crippen molar-refractivity contribution in [3.63, 3.8) is 0 Å². The smallest absolute Gasteiger partial charge is 0.0412 e. The quantitative estimate of drug-likeness (QED) is 0.583. The number of nitrogens with zero attached hydrogens (tertiary/aromatic N) is 1. The van der Waals surface area contributed by atoms with Crippen molar-refractivity contribution in [2.75, 3.05) is 14.1 Å². The number of hydrogen-bond donors (Lipinski definition) is 0. The SMILES string of the molecule is CC[C](C(C)CC)N(C)C. The standard InChI is InChI=1S/C9H20N/c1-6-8(3)9(7-2)10(4)5/h8H,6-7H2,1-5H3. The fourth-order valence-corrected chi connectivity index (χ4v) is 1.34. The molecule has 0 bridgehead atoms. The summed E-state index contributed by atoms with van der Waals surface area (Å²) in [5.41, 5.74) is 0. The third-order valence-corrected chi connectivity index (χ3v) is 2.12. The Morgan fingerprint density at radius 1 is 1.30 bits per heavy atom. The van der Waals surface area contributed by atoms with Gasteiger partial charge in [-0.3, -0.25) is 0 Å². The maximum Gasteiger partial charge on any atom is 0.0412 e. The van der Waals surface area contributed by atoms with Crippen molar-refractivity contribution in [3.8, 4) is 0 Å². The van der Waals surface area contributed by atoms with Gasteiger partial charge in [-0.2, -0.15) is 0 Å². The Morgan fingerprint density at radius 3 is 1.90 bits per heavy atom. The van der Waals surface area contributed by atoms with E-state index in [0.717, 1.165) is 5.92 Å². The zero-order valence-electron chi connectivity index (χ0n) is 7.94. The Balaban J connectivity index is 3.80. The van der Waals surface area contributed by atoms with Gasteiger partial charge in [-0.15, -0.1) is 0 Å². The van der Waals surface area contributed by atoms with Gasteiger partial charge >= 0.3 is 0 Å². The van der Waals surface area contributed by atoms with Crippen molar-refractivity contribution < 1.29 is 0 Å². The van der Waals surface area contributed by atoms with Gasteiger partial charge in [0.05, 0.1) is 0 Å². The molecule has 0 rings (SSSR count). The lowest BCUT2D eigenvalue weighted by molar-refractivity contribution is 0.317. The third-order valence-electron chi connectivity index (χ3n) is 2.12. The maximum atomic E-state index is 2.29. The molecule has 0 fully saturated rings. The lowest BCUT2D eigenvalue weighted by Crippen LogP contribution is -2.24. The molecule has 0 aromatic carbocycles. The molecule has 1 heteroatoms. The second kappa shape index (κ2) is 4.73. The van der Waals surface area contributed by atoms with Crippen molar-refractivity contribution in [2.24, 2.45) is 5.92 Å². The molecule has 1 nitrogen and oxygen atoms in total. The minimum Gasteiger partial charge on any atom is -0.302 e. The Hall–Kier alpha value is -0.0400. The zero-order valence-corrected chi connectivity index (χ0v) is 7.94. The first kappa shape index (κ1) is 9.96. The zero-order chi connectivity index (χ0) is 8.15. The molecule has 1 atom stereocenters. The van der Waals surface area contributed by atoms with Crippen molar-refractivity contribution in [1.82, 2.24) is 4.90 Å². The highest BCUT2D eigenvalue weighted by Crippen LogP contribution is 2.22. The van der Waals surface area contributed by atoms with Gasteiger partial charge in [0.2, 0.25) is 0 Å². The van der Waals surface area contributed by atoms with Gasteiger partial charge < -0.3 is 4.90 Å². The summed E-state index contributed by atoms with van der Waals surface area (Å²) >= 11 is 0. The van der Waals surface area contributed by atoms with Crippen molar-refractivity contribution >= 4 is 0 Å². The van der Waals surface area contributed by atoms with E-state index < -0.39 is 0 Å². The molecule has 0 aliphatic rings. The van der Waals surface area contributed by atoms with Crippen molar-refractivity contribution in [2.45, 2.75) is 33.6 Å². The van der Waals surface area contributed by atoms with Crippen LogP contribution >= 0.6 is 0 Å². The van der Waals surface area contributed by atoms with E-state index in [4.69, 9.17) is 0 Å². The van der Waals surface area contributed by atoms with E-state index in [0.29, 0.717) is 0 Å². The lowest BCUT2D eigenvalue weighted by atomic mass is 9.96. The maximum absolute atomic E-state index is 2.29. The summed E-state index contributed by atoms with van der Waals surface area (Å²) in [6.45, 7) is 6.75. The highest BCUT2D eigenvalue weighted by atomic mass is 15.1. The van der Waals surface area contributed by atoms with Crippen LogP contribution in [0.2, 0.25) is 0 Å². The van der Waals surface area contributed by atoms with E-state index in [9.17, 15) is 0 Å². The van der Waals surface area contributed by atoms with Crippen molar-refractivity contribution in [3.05, 3.63) is 6.04 Å². The molecule has 0 aliphatic heterocycles. The normalized spacial score (nSPS) is 14.7. The minimum absolute atomic E-state index is 0.750. The topological polar surface area (TPSA) is 3.24 Å². The average molecular weight is 142 g/mol. The second-order valence-corrected chi connectivity index (χ2v) is 3.05. The predicted molar refractivity (Wildman–Crippen MR) is 46.7 cm³/mol. The minimum atomic E-state index is 0.750. The molecule has 0 heterocycles. The predicted octanol–water partition coefficient (Wildman–Crippen LogP) is 2.54. The molecule has 0 spiro atoms. The van der Waals surface area contributed by atoms with Crippen LogP contribution in [0.15, 0.2) is 0 Å². The van der Waals surface area contributed by atoms with Crippen LogP contribution in [0.4, 0.5) is 0 Å². The first-order valence-corrected chi connectivity index (χ1v) is 4.16. The van der Waals surface area contributed by atoms with Gasteiger partial charge in [-0.05, 0) is 26.4 Å². The van der Waals surface area contributed by atoms with E-state index in [1.54, 1.807) is 6.04 Å². The molecule has 0 saturated heterocycles. The van der Waals surface area contributed by atoms with E-state index in [2.05, 4.69) is 39.8 Å². The average Bonchev–Trinajstić information content (AvgIpc) is 1.88. The summed E-state index contributed by atoms with van der Waals surface area (Å²) < 4.78 is 0. The van der Waals surface area contributed by atoms with Crippen LogP contribution in [-0.4, -0.2) is 19.0 Å². The van der Waals surface area contributed by atoms with Crippen LogP contribution in [0.1, 0.15) is 33.6 Å². The third kappa shape index (κ3) is 2.70. The Morgan fingerprint density at radius 2 is 1.80 bits per heavy atom. The van der Waals surface area contributed by atoms with E-state index in [-0.39, 0.29) is 0 Å².